The molecule has 2 aromatic rings. The zero-order chi connectivity index (χ0) is 14.5. The van der Waals surface area contributed by atoms with E-state index >= 15 is 0 Å². The van der Waals surface area contributed by atoms with Crippen molar-refractivity contribution in [3.8, 4) is 16.9 Å². The third kappa shape index (κ3) is 3.18. The lowest BCUT2D eigenvalue weighted by Gasteiger charge is -2.15. The van der Waals surface area contributed by atoms with Crippen LogP contribution in [0.1, 0.15) is 24.2 Å². The number of hydrogen-bond donors (Lipinski definition) is 0. The van der Waals surface area contributed by atoms with Gasteiger partial charge >= 0.3 is 5.97 Å². The van der Waals surface area contributed by atoms with Crippen molar-refractivity contribution in [3.63, 3.8) is 0 Å². The maximum atomic E-state index is 11.7. The van der Waals surface area contributed by atoms with Crippen LogP contribution in [0.4, 0.5) is 0 Å². The van der Waals surface area contributed by atoms with Gasteiger partial charge in [0.1, 0.15) is 5.75 Å². The van der Waals surface area contributed by atoms with Crippen molar-refractivity contribution in [1.29, 1.82) is 0 Å². The first-order chi connectivity index (χ1) is 9.61. The fourth-order valence-electron chi connectivity index (χ4n) is 1.97. The number of esters is 1. The van der Waals surface area contributed by atoms with Crippen molar-refractivity contribution in [1.82, 2.24) is 0 Å². The quantitative estimate of drug-likeness (QED) is 0.790. The van der Waals surface area contributed by atoms with Crippen LogP contribution >= 0.6 is 0 Å². The summed E-state index contributed by atoms with van der Waals surface area (Å²) in [7, 11) is 1.38. The van der Waals surface area contributed by atoms with Gasteiger partial charge in [0.05, 0.1) is 18.8 Å². The SMILES string of the molecule is COC(=O)c1ccc(OC(C)C)c(-c2ccccc2)c1. The highest BCUT2D eigenvalue weighted by atomic mass is 16.5. The normalized spacial score (nSPS) is 10.4. The van der Waals surface area contributed by atoms with Crippen molar-refractivity contribution >= 4 is 5.97 Å². The molecule has 2 rings (SSSR count). The molecule has 0 heterocycles. The van der Waals surface area contributed by atoms with Crippen molar-refractivity contribution in [2.45, 2.75) is 20.0 Å². The number of hydrogen-bond acceptors (Lipinski definition) is 3. The first kappa shape index (κ1) is 14.1. The maximum Gasteiger partial charge on any atom is 0.337 e. The average Bonchev–Trinajstić information content (AvgIpc) is 2.47. The first-order valence-corrected chi connectivity index (χ1v) is 6.56. The van der Waals surface area contributed by atoms with Crippen LogP contribution < -0.4 is 4.74 Å². The summed E-state index contributed by atoms with van der Waals surface area (Å²) >= 11 is 0. The van der Waals surface area contributed by atoms with Crippen LogP contribution in [-0.4, -0.2) is 19.2 Å². The lowest BCUT2D eigenvalue weighted by Crippen LogP contribution is -2.08. The molecule has 0 aromatic heterocycles. The summed E-state index contributed by atoms with van der Waals surface area (Å²) in [6.07, 6.45) is 0.0708. The molecule has 0 atom stereocenters. The zero-order valence-corrected chi connectivity index (χ0v) is 11.9. The van der Waals surface area contributed by atoms with E-state index in [-0.39, 0.29) is 12.1 Å². The van der Waals surface area contributed by atoms with E-state index < -0.39 is 0 Å². The monoisotopic (exact) mass is 270 g/mol. The molecule has 0 bridgehead atoms. The van der Waals surface area contributed by atoms with E-state index in [1.165, 1.54) is 7.11 Å². The van der Waals surface area contributed by atoms with Crippen LogP contribution in [0.5, 0.6) is 5.75 Å². The van der Waals surface area contributed by atoms with E-state index in [1.54, 1.807) is 12.1 Å². The molecule has 0 saturated heterocycles. The van der Waals surface area contributed by atoms with Crippen LogP contribution in [-0.2, 0) is 4.74 Å². The molecule has 104 valence electrons. The van der Waals surface area contributed by atoms with Gasteiger partial charge in [-0.05, 0) is 37.6 Å². The molecular formula is C17H18O3. The van der Waals surface area contributed by atoms with Crippen molar-refractivity contribution in [2.75, 3.05) is 7.11 Å². The number of ether oxygens (including phenoxy) is 2. The molecule has 3 heteroatoms. The molecule has 0 saturated carbocycles. The number of carbonyl (C=O) groups is 1. The minimum absolute atomic E-state index is 0.0708. The summed E-state index contributed by atoms with van der Waals surface area (Å²) in [6.45, 7) is 3.95. The Morgan fingerprint density at radius 2 is 1.75 bits per heavy atom. The second-order valence-corrected chi connectivity index (χ2v) is 4.74. The van der Waals surface area contributed by atoms with Crippen molar-refractivity contribution in [2.24, 2.45) is 0 Å². The lowest BCUT2D eigenvalue weighted by molar-refractivity contribution is 0.0601. The highest BCUT2D eigenvalue weighted by Gasteiger charge is 2.13. The summed E-state index contributed by atoms with van der Waals surface area (Å²) in [5.74, 6) is 0.414. The van der Waals surface area contributed by atoms with Gasteiger partial charge in [0.25, 0.3) is 0 Å². The van der Waals surface area contributed by atoms with Gasteiger partial charge in [-0.25, -0.2) is 4.79 Å². The standard InChI is InChI=1S/C17H18O3/c1-12(2)20-16-10-9-14(17(18)19-3)11-15(16)13-7-5-4-6-8-13/h4-12H,1-3H3. The molecule has 0 aliphatic carbocycles. The van der Waals surface area contributed by atoms with E-state index in [0.717, 1.165) is 16.9 Å². The second-order valence-electron chi connectivity index (χ2n) is 4.74. The fourth-order valence-corrected chi connectivity index (χ4v) is 1.97. The maximum absolute atomic E-state index is 11.7. The Morgan fingerprint density at radius 1 is 1.05 bits per heavy atom. The highest BCUT2D eigenvalue weighted by Crippen LogP contribution is 2.31. The predicted octanol–water partition coefficient (Wildman–Crippen LogP) is 3.93. The molecule has 3 nitrogen and oxygen atoms in total. The van der Waals surface area contributed by atoms with Gasteiger partial charge in [-0.3, -0.25) is 0 Å². The minimum Gasteiger partial charge on any atom is -0.490 e. The lowest BCUT2D eigenvalue weighted by atomic mass is 10.0. The summed E-state index contributed by atoms with van der Waals surface area (Å²) in [4.78, 5) is 11.7. The Labute approximate surface area is 119 Å². The molecule has 0 N–H and O–H groups in total. The Hall–Kier alpha value is -2.29. The summed E-state index contributed by atoms with van der Waals surface area (Å²) in [6, 6.07) is 15.2. The van der Waals surface area contributed by atoms with Crippen LogP contribution in [0.3, 0.4) is 0 Å². The third-order valence-electron chi connectivity index (χ3n) is 2.85. The number of methoxy groups -OCH3 is 1. The molecule has 0 spiro atoms. The van der Waals surface area contributed by atoms with E-state index in [9.17, 15) is 4.79 Å². The average molecular weight is 270 g/mol. The van der Waals surface area contributed by atoms with Gasteiger partial charge in [0, 0.05) is 5.56 Å². The molecule has 0 aliphatic heterocycles. The van der Waals surface area contributed by atoms with Crippen LogP contribution in [0.2, 0.25) is 0 Å². The highest BCUT2D eigenvalue weighted by molar-refractivity contribution is 5.91. The molecule has 0 radical (unpaired) electrons. The summed E-state index contributed by atoms with van der Waals surface area (Å²) in [5, 5.41) is 0. The van der Waals surface area contributed by atoms with Crippen LogP contribution in [0.15, 0.2) is 48.5 Å². The molecule has 0 amide bonds. The molecular weight excluding hydrogens is 252 g/mol. The smallest absolute Gasteiger partial charge is 0.337 e. The summed E-state index contributed by atoms with van der Waals surface area (Å²) in [5.41, 5.74) is 2.42. The Morgan fingerprint density at radius 3 is 2.35 bits per heavy atom. The van der Waals surface area contributed by atoms with E-state index in [0.29, 0.717) is 5.56 Å². The minimum atomic E-state index is -0.349. The second kappa shape index (κ2) is 6.24. The molecule has 0 aliphatic rings. The molecule has 2 aromatic carbocycles. The topological polar surface area (TPSA) is 35.5 Å². The molecule has 0 fully saturated rings. The first-order valence-electron chi connectivity index (χ1n) is 6.56. The van der Waals surface area contributed by atoms with Gasteiger partial charge in [-0.15, -0.1) is 0 Å². The van der Waals surface area contributed by atoms with Gasteiger partial charge in [-0.1, -0.05) is 30.3 Å². The summed E-state index contributed by atoms with van der Waals surface area (Å²) < 4.78 is 10.6. The third-order valence-corrected chi connectivity index (χ3v) is 2.85. The largest absolute Gasteiger partial charge is 0.490 e. The Bertz CT molecular complexity index is 588. The van der Waals surface area contributed by atoms with Crippen LogP contribution in [0.25, 0.3) is 11.1 Å². The zero-order valence-electron chi connectivity index (χ0n) is 11.9. The van der Waals surface area contributed by atoms with E-state index in [2.05, 4.69) is 0 Å². The molecule has 0 unspecified atom stereocenters. The number of rotatable bonds is 4. The predicted molar refractivity (Wildman–Crippen MR) is 79.0 cm³/mol. The van der Waals surface area contributed by atoms with Gasteiger partial charge < -0.3 is 9.47 Å². The van der Waals surface area contributed by atoms with Crippen molar-refractivity contribution < 1.29 is 14.3 Å². The number of carbonyl (C=O) groups excluding carboxylic acids is 1. The van der Waals surface area contributed by atoms with Crippen LogP contribution in [0, 0.1) is 0 Å². The van der Waals surface area contributed by atoms with Crippen molar-refractivity contribution in [3.05, 3.63) is 54.1 Å². The Kier molecular flexibility index (Phi) is 4.41. The molecule has 20 heavy (non-hydrogen) atoms. The van der Waals surface area contributed by atoms with E-state index in [4.69, 9.17) is 9.47 Å². The van der Waals surface area contributed by atoms with Gasteiger partial charge in [0.2, 0.25) is 0 Å². The Balaban J connectivity index is 2.51. The van der Waals surface area contributed by atoms with Gasteiger partial charge in [0.15, 0.2) is 0 Å². The van der Waals surface area contributed by atoms with Gasteiger partial charge in [-0.2, -0.15) is 0 Å². The van der Waals surface area contributed by atoms with E-state index in [1.807, 2.05) is 50.2 Å². The number of benzene rings is 2. The fraction of sp³-hybridized carbons (Fsp3) is 0.235.